The van der Waals surface area contributed by atoms with Crippen molar-refractivity contribution in [1.29, 1.82) is 0 Å². The fraction of sp³-hybridized carbons (Fsp3) is 0.273. The average Bonchev–Trinajstić information content (AvgIpc) is 2.73. The number of carbonyl (C=O) groups is 2. The van der Waals surface area contributed by atoms with E-state index in [9.17, 15) is 14.0 Å². The van der Waals surface area contributed by atoms with Crippen LogP contribution in [0.3, 0.4) is 0 Å². The first-order valence-corrected chi connectivity index (χ1v) is 9.29. The molecule has 2 rings (SSSR count). The second-order valence-electron chi connectivity index (χ2n) is 6.75. The van der Waals surface area contributed by atoms with E-state index in [-0.39, 0.29) is 5.82 Å². The molecule has 0 atom stereocenters. The minimum absolute atomic E-state index is 0.294. The van der Waals surface area contributed by atoms with E-state index in [4.69, 9.17) is 0 Å². The van der Waals surface area contributed by atoms with Gasteiger partial charge in [0.15, 0.2) is 0 Å². The Labute approximate surface area is 175 Å². The van der Waals surface area contributed by atoms with E-state index < -0.39 is 12.2 Å². The van der Waals surface area contributed by atoms with Gasteiger partial charge in [-0.25, -0.2) is 14.0 Å². The van der Waals surface area contributed by atoms with Gasteiger partial charge in [0.2, 0.25) is 0 Å². The van der Waals surface area contributed by atoms with Crippen molar-refractivity contribution in [3.63, 3.8) is 0 Å². The molecule has 0 aliphatic rings. The summed E-state index contributed by atoms with van der Waals surface area (Å²) in [5, 5.41) is 5.16. The molecule has 0 saturated heterocycles. The van der Waals surface area contributed by atoms with Crippen molar-refractivity contribution in [2.75, 3.05) is 36.3 Å². The second-order valence-corrected chi connectivity index (χ2v) is 6.75. The van der Waals surface area contributed by atoms with Crippen LogP contribution in [-0.4, -0.2) is 33.0 Å². The topological polar surface area (TPSA) is 79.9 Å². The number of nitrogens with zero attached hydrogens (tertiary/aromatic N) is 1. The van der Waals surface area contributed by atoms with Crippen LogP contribution in [0.5, 0.6) is 0 Å². The summed E-state index contributed by atoms with van der Waals surface area (Å²) in [5.41, 5.74) is 3.58. The molecule has 2 aromatic rings. The Kier molecular flexibility index (Phi) is 8.22. The number of benzene rings is 2. The van der Waals surface area contributed by atoms with Gasteiger partial charge in [0.05, 0.1) is 25.6 Å². The maximum Gasteiger partial charge on any atom is 0.411 e. The van der Waals surface area contributed by atoms with Gasteiger partial charge < -0.3 is 14.4 Å². The van der Waals surface area contributed by atoms with Gasteiger partial charge in [-0.2, -0.15) is 0 Å². The predicted octanol–water partition coefficient (Wildman–Crippen LogP) is 5.16. The molecule has 0 heterocycles. The zero-order valence-electron chi connectivity index (χ0n) is 17.5. The first kappa shape index (κ1) is 22.7. The molecule has 7 nitrogen and oxygen atoms in total. The number of methoxy groups -OCH3 is 2. The summed E-state index contributed by atoms with van der Waals surface area (Å²) in [6.07, 6.45) is 0.732. The maximum atomic E-state index is 13.3. The molecule has 2 aromatic carbocycles. The van der Waals surface area contributed by atoms with Crippen molar-refractivity contribution in [3.8, 4) is 0 Å². The van der Waals surface area contributed by atoms with Gasteiger partial charge in [0, 0.05) is 18.8 Å². The molecule has 8 heteroatoms. The van der Waals surface area contributed by atoms with Crippen LogP contribution in [0.25, 0.3) is 0 Å². The number of rotatable bonds is 7. The normalized spacial score (nSPS) is 10.0. The minimum atomic E-state index is -0.672. The molecule has 0 aromatic heterocycles. The Morgan fingerprint density at radius 1 is 0.967 bits per heavy atom. The third kappa shape index (κ3) is 6.80. The molecule has 0 radical (unpaired) electrons. The third-order valence-corrected chi connectivity index (χ3v) is 4.22. The summed E-state index contributed by atoms with van der Waals surface area (Å²) in [7, 11) is 2.50. The van der Waals surface area contributed by atoms with E-state index in [0.717, 1.165) is 16.8 Å². The minimum Gasteiger partial charge on any atom is -0.453 e. The zero-order valence-corrected chi connectivity index (χ0v) is 17.5. The smallest absolute Gasteiger partial charge is 0.411 e. The number of hydrogen-bond acceptors (Lipinski definition) is 5. The van der Waals surface area contributed by atoms with E-state index in [2.05, 4.69) is 31.1 Å². The highest BCUT2D eigenvalue weighted by Crippen LogP contribution is 2.29. The fourth-order valence-electron chi connectivity index (χ4n) is 2.63. The van der Waals surface area contributed by atoms with Crippen LogP contribution in [-0.2, 0) is 16.0 Å². The fourth-order valence-corrected chi connectivity index (χ4v) is 2.63. The summed E-state index contributed by atoms with van der Waals surface area (Å²) in [6, 6.07) is 11.5. The van der Waals surface area contributed by atoms with Gasteiger partial charge in [-0.3, -0.25) is 10.6 Å². The second kappa shape index (κ2) is 10.8. The lowest BCUT2D eigenvalue weighted by Crippen LogP contribution is -2.23. The van der Waals surface area contributed by atoms with E-state index in [0.29, 0.717) is 24.5 Å². The molecule has 30 heavy (non-hydrogen) atoms. The Hall–Kier alpha value is -3.55. The number of carbonyl (C=O) groups excluding carboxylic acids is 2. The van der Waals surface area contributed by atoms with Crippen molar-refractivity contribution in [1.82, 2.24) is 0 Å². The molecule has 0 fully saturated rings. The van der Waals surface area contributed by atoms with Gasteiger partial charge in [-0.05, 0) is 49.7 Å². The van der Waals surface area contributed by atoms with Gasteiger partial charge in [-0.1, -0.05) is 23.8 Å². The van der Waals surface area contributed by atoms with Crippen LogP contribution in [0.4, 0.5) is 31.0 Å². The van der Waals surface area contributed by atoms with Gasteiger partial charge >= 0.3 is 12.2 Å². The number of anilines is 3. The van der Waals surface area contributed by atoms with Crippen molar-refractivity contribution < 1.29 is 23.5 Å². The van der Waals surface area contributed by atoms with Crippen LogP contribution in [0.2, 0.25) is 0 Å². The summed E-state index contributed by atoms with van der Waals surface area (Å²) < 4.78 is 22.6. The molecule has 0 unspecified atom stereocenters. The summed E-state index contributed by atoms with van der Waals surface area (Å²) in [6.45, 7) is 5.13. The summed E-state index contributed by atoms with van der Waals surface area (Å²) in [4.78, 5) is 25.5. The lowest BCUT2D eigenvalue weighted by molar-refractivity contribution is 0.185. The summed E-state index contributed by atoms with van der Waals surface area (Å²) >= 11 is 0. The highest BCUT2D eigenvalue weighted by atomic mass is 19.1. The molecule has 2 amide bonds. The number of allylic oxidation sites excluding steroid dienone is 1. The third-order valence-electron chi connectivity index (χ3n) is 4.22. The van der Waals surface area contributed by atoms with E-state index >= 15 is 0 Å². The molecule has 2 N–H and O–H groups in total. The zero-order chi connectivity index (χ0) is 22.1. The first-order valence-electron chi connectivity index (χ1n) is 9.29. The molecule has 0 spiro atoms. The van der Waals surface area contributed by atoms with E-state index in [1.807, 2.05) is 19.9 Å². The number of hydrogen-bond donors (Lipinski definition) is 2. The molecule has 0 aliphatic carbocycles. The molecule has 0 saturated carbocycles. The van der Waals surface area contributed by atoms with Crippen molar-refractivity contribution in [2.45, 2.75) is 20.4 Å². The largest absolute Gasteiger partial charge is 0.453 e. The van der Waals surface area contributed by atoms with Crippen molar-refractivity contribution in [2.24, 2.45) is 0 Å². The van der Waals surface area contributed by atoms with Gasteiger partial charge in [-0.15, -0.1) is 0 Å². The van der Waals surface area contributed by atoms with Gasteiger partial charge in [0.1, 0.15) is 5.82 Å². The highest BCUT2D eigenvalue weighted by Gasteiger charge is 2.14. The Morgan fingerprint density at radius 3 is 2.13 bits per heavy atom. The molecule has 160 valence electrons. The van der Waals surface area contributed by atoms with Crippen LogP contribution >= 0.6 is 0 Å². The van der Waals surface area contributed by atoms with Crippen molar-refractivity contribution in [3.05, 3.63) is 65.5 Å². The number of amides is 2. The lowest BCUT2D eigenvalue weighted by Gasteiger charge is -2.25. The molecular formula is C22H26FN3O4. The SMILES string of the molecule is COC(=O)Nc1ccc(N(CC=C(C)C)Cc2ccc(F)cc2)cc1NC(=O)OC. The maximum absolute atomic E-state index is 13.3. The Balaban J connectivity index is 2.40. The number of halogens is 1. The van der Waals surface area contributed by atoms with Crippen molar-refractivity contribution >= 4 is 29.2 Å². The molecule has 0 bridgehead atoms. The average molecular weight is 415 g/mol. The van der Waals surface area contributed by atoms with E-state index in [1.165, 1.54) is 26.4 Å². The Bertz CT molecular complexity index is 909. The molecule has 0 aliphatic heterocycles. The highest BCUT2D eigenvalue weighted by molar-refractivity contribution is 5.96. The van der Waals surface area contributed by atoms with Crippen LogP contribution in [0.15, 0.2) is 54.1 Å². The first-order chi connectivity index (χ1) is 14.3. The molecular weight excluding hydrogens is 389 g/mol. The van der Waals surface area contributed by atoms with Crippen LogP contribution in [0, 0.1) is 5.82 Å². The van der Waals surface area contributed by atoms with Gasteiger partial charge in [0.25, 0.3) is 0 Å². The predicted molar refractivity (Wildman–Crippen MR) is 115 cm³/mol. The van der Waals surface area contributed by atoms with E-state index in [1.54, 1.807) is 24.3 Å². The lowest BCUT2D eigenvalue weighted by atomic mass is 10.1. The van der Waals surface area contributed by atoms with Crippen LogP contribution < -0.4 is 15.5 Å². The number of ether oxygens (including phenoxy) is 2. The quantitative estimate of drug-likeness (QED) is 0.611. The monoisotopic (exact) mass is 415 g/mol. The number of nitrogens with one attached hydrogen (secondary N) is 2. The van der Waals surface area contributed by atoms with Crippen LogP contribution in [0.1, 0.15) is 19.4 Å². The Morgan fingerprint density at radius 2 is 1.57 bits per heavy atom. The summed E-state index contributed by atoms with van der Waals surface area (Å²) in [5.74, 6) is -0.294. The standard InChI is InChI=1S/C22H26FN3O4/c1-15(2)11-12-26(14-16-5-7-17(23)8-6-16)18-9-10-19(24-21(27)29-3)20(13-18)25-22(28)30-4/h5-11,13H,12,14H2,1-4H3,(H,24,27)(H,25,28).